The predicted octanol–water partition coefficient (Wildman–Crippen LogP) is 0.764. The van der Waals surface area contributed by atoms with E-state index in [2.05, 4.69) is 13.2 Å². The highest BCUT2D eigenvalue weighted by Crippen LogP contribution is 1.85. The minimum absolute atomic E-state index is 0.461. The van der Waals surface area contributed by atoms with Crippen molar-refractivity contribution in [2.45, 2.75) is 6.92 Å². The highest BCUT2D eigenvalue weighted by molar-refractivity contribution is 6.34. The van der Waals surface area contributed by atoms with E-state index >= 15 is 0 Å². The topological polar surface area (TPSA) is 9.23 Å². The predicted molar refractivity (Wildman–Crippen MR) is 34.6 cm³/mol. The van der Waals surface area contributed by atoms with Gasteiger partial charge in [0.05, 0.1) is 5.76 Å². The summed E-state index contributed by atoms with van der Waals surface area (Å²) < 4.78 is 5.02. The van der Waals surface area contributed by atoms with Crippen LogP contribution in [0.3, 0.4) is 0 Å². The molecule has 0 unspecified atom stereocenters. The molecule has 0 rings (SSSR count). The summed E-state index contributed by atoms with van der Waals surface area (Å²) in [6, 6.07) is 0. The van der Waals surface area contributed by atoms with E-state index in [1.807, 2.05) is 12.6 Å². The Morgan fingerprint density at radius 2 is 2.43 bits per heavy atom. The lowest BCUT2D eigenvalue weighted by Gasteiger charge is -1.97. The maximum absolute atomic E-state index is 5.02. The lowest BCUT2D eigenvalue weighted by molar-refractivity contribution is 0.465. The van der Waals surface area contributed by atoms with E-state index in [-0.39, 0.29) is 0 Å². The second-order valence-corrected chi connectivity index (χ2v) is 2.50. The van der Waals surface area contributed by atoms with Crippen molar-refractivity contribution in [1.82, 2.24) is 0 Å². The second kappa shape index (κ2) is 3.68. The van der Waals surface area contributed by atoms with Crippen LogP contribution in [0.25, 0.3) is 0 Å². The first-order valence-corrected chi connectivity index (χ1v) is 3.56. The minimum Gasteiger partial charge on any atom is -0.549 e. The van der Waals surface area contributed by atoms with Crippen LogP contribution in [0.1, 0.15) is 6.92 Å². The smallest absolute Gasteiger partial charge is 0.243 e. The second-order valence-electron chi connectivity index (χ2n) is 1.30. The van der Waals surface area contributed by atoms with E-state index in [4.69, 9.17) is 4.43 Å². The standard InChI is InChI=1S/C5H10OSi/c1-4-7-6-5(2)3/h4H,1-2,7H2,3H3. The fraction of sp³-hybridized carbons (Fsp3) is 0.200. The van der Waals surface area contributed by atoms with Crippen LogP contribution in [-0.2, 0) is 4.43 Å². The summed E-state index contributed by atoms with van der Waals surface area (Å²) in [6.45, 7) is 8.93. The van der Waals surface area contributed by atoms with Crippen LogP contribution in [0.4, 0.5) is 0 Å². The molecule has 0 heterocycles. The molecule has 0 spiro atoms. The van der Waals surface area contributed by atoms with Gasteiger partial charge >= 0.3 is 0 Å². The van der Waals surface area contributed by atoms with Gasteiger partial charge in [0.1, 0.15) is 0 Å². The zero-order valence-corrected chi connectivity index (χ0v) is 6.02. The van der Waals surface area contributed by atoms with Crippen LogP contribution in [-0.4, -0.2) is 9.76 Å². The lowest BCUT2D eigenvalue weighted by Crippen LogP contribution is -1.89. The highest BCUT2D eigenvalue weighted by Gasteiger charge is 1.76. The van der Waals surface area contributed by atoms with Gasteiger partial charge < -0.3 is 4.43 Å². The van der Waals surface area contributed by atoms with Crippen molar-refractivity contribution in [2.24, 2.45) is 0 Å². The van der Waals surface area contributed by atoms with Gasteiger partial charge in [0.15, 0.2) is 0 Å². The Morgan fingerprint density at radius 1 is 1.86 bits per heavy atom. The highest BCUT2D eigenvalue weighted by atomic mass is 28.2. The Balaban J connectivity index is 2.97. The Labute approximate surface area is 46.6 Å². The summed E-state index contributed by atoms with van der Waals surface area (Å²) in [5, 5.41) is 0. The van der Waals surface area contributed by atoms with E-state index < -0.39 is 9.76 Å². The zero-order valence-electron chi connectivity index (χ0n) is 4.61. The number of hydrogen-bond donors (Lipinski definition) is 0. The number of rotatable bonds is 3. The van der Waals surface area contributed by atoms with E-state index in [0.29, 0.717) is 0 Å². The fourth-order valence-corrected chi connectivity index (χ4v) is 0.604. The summed E-state index contributed by atoms with van der Waals surface area (Å²) in [7, 11) is -0.461. The van der Waals surface area contributed by atoms with Crippen molar-refractivity contribution in [2.75, 3.05) is 0 Å². The molecule has 0 aliphatic carbocycles. The molecule has 1 nitrogen and oxygen atoms in total. The molecule has 0 amide bonds. The van der Waals surface area contributed by atoms with E-state index in [9.17, 15) is 0 Å². The number of allylic oxidation sites excluding steroid dienone is 1. The molecule has 2 heteroatoms. The molecule has 0 saturated carbocycles. The summed E-state index contributed by atoms with van der Waals surface area (Å²) >= 11 is 0. The van der Waals surface area contributed by atoms with Gasteiger partial charge in [0, 0.05) is 0 Å². The van der Waals surface area contributed by atoms with Crippen molar-refractivity contribution in [3.05, 3.63) is 24.6 Å². The third-order valence-corrected chi connectivity index (χ3v) is 1.34. The van der Waals surface area contributed by atoms with Gasteiger partial charge in [-0.2, -0.15) is 0 Å². The van der Waals surface area contributed by atoms with Gasteiger partial charge in [-0.25, -0.2) is 0 Å². The Kier molecular flexibility index (Phi) is 3.41. The summed E-state index contributed by atoms with van der Waals surface area (Å²) in [5.74, 6) is 0.798. The molecule has 0 radical (unpaired) electrons. The molecule has 7 heavy (non-hydrogen) atoms. The molecule has 0 bridgehead atoms. The first-order valence-electron chi connectivity index (χ1n) is 2.16. The van der Waals surface area contributed by atoms with Gasteiger partial charge in [-0.05, 0) is 6.92 Å². The molecule has 0 aromatic heterocycles. The van der Waals surface area contributed by atoms with Crippen LogP contribution in [0.5, 0.6) is 0 Å². The van der Waals surface area contributed by atoms with Crippen molar-refractivity contribution in [3.63, 3.8) is 0 Å². The van der Waals surface area contributed by atoms with Gasteiger partial charge in [-0.15, -0.1) is 6.58 Å². The van der Waals surface area contributed by atoms with Gasteiger partial charge in [-0.3, -0.25) is 0 Å². The fourth-order valence-electron chi connectivity index (χ4n) is 0.201. The SMILES string of the molecule is C=C[SiH2]OC(=C)C. The molecular formula is C5H10OSi. The largest absolute Gasteiger partial charge is 0.549 e. The Bertz CT molecular complexity index is 78.1. The molecule has 0 atom stereocenters. The maximum Gasteiger partial charge on any atom is 0.243 e. The molecule has 0 aromatic rings. The quantitative estimate of drug-likeness (QED) is 0.389. The summed E-state index contributed by atoms with van der Waals surface area (Å²) in [6.07, 6.45) is 0. The van der Waals surface area contributed by atoms with Crippen LogP contribution in [0.15, 0.2) is 24.6 Å². The first kappa shape index (κ1) is 6.50. The molecule has 0 fully saturated rings. The van der Waals surface area contributed by atoms with Crippen molar-refractivity contribution in [1.29, 1.82) is 0 Å². The van der Waals surface area contributed by atoms with Crippen LogP contribution in [0, 0.1) is 0 Å². The molecule has 0 aromatic carbocycles. The normalized spacial score (nSPS) is 9.29. The summed E-state index contributed by atoms with van der Waals surface area (Å²) in [4.78, 5) is 0. The average Bonchev–Trinajstić information content (AvgIpc) is 1.61. The maximum atomic E-state index is 5.02. The van der Waals surface area contributed by atoms with E-state index in [0.717, 1.165) is 5.76 Å². The third-order valence-electron chi connectivity index (χ3n) is 0.448. The monoisotopic (exact) mass is 114 g/mol. The van der Waals surface area contributed by atoms with Gasteiger partial charge in [-0.1, -0.05) is 12.3 Å². The number of hydrogen-bond acceptors (Lipinski definition) is 1. The van der Waals surface area contributed by atoms with Crippen molar-refractivity contribution in [3.8, 4) is 0 Å². The van der Waals surface area contributed by atoms with Crippen molar-refractivity contribution < 1.29 is 4.43 Å². The third kappa shape index (κ3) is 5.50. The molecular weight excluding hydrogens is 104 g/mol. The van der Waals surface area contributed by atoms with Gasteiger partial charge in [0.2, 0.25) is 9.76 Å². The summed E-state index contributed by atoms with van der Waals surface area (Å²) in [5.41, 5.74) is 1.83. The Hall–Kier alpha value is -0.503. The molecule has 0 aliphatic rings. The lowest BCUT2D eigenvalue weighted by atomic mass is 10.7. The van der Waals surface area contributed by atoms with Crippen molar-refractivity contribution >= 4 is 9.76 Å². The van der Waals surface area contributed by atoms with Crippen LogP contribution in [0.2, 0.25) is 0 Å². The Morgan fingerprint density at radius 3 is 2.57 bits per heavy atom. The molecule has 40 valence electrons. The van der Waals surface area contributed by atoms with E-state index in [1.54, 1.807) is 0 Å². The molecule has 0 saturated heterocycles. The van der Waals surface area contributed by atoms with Crippen LogP contribution < -0.4 is 0 Å². The van der Waals surface area contributed by atoms with Crippen LogP contribution >= 0.6 is 0 Å². The minimum atomic E-state index is -0.461. The average molecular weight is 114 g/mol. The molecule has 0 N–H and O–H groups in total. The zero-order chi connectivity index (χ0) is 5.70. The first-order chi connectivity index (χ1) is 3.27. The van der Waals surface area contributed by atoms with Gasteiger partial charge in [0.25, 0.3) is 0 Å². The van der Waals surface area contributed by atoms with E-state index in [1.165, 1.54) is 0 Å². The molecule has 0 aliphatic heterocycles.